The number of sulfonamides is 1. The van der Waals surface area contributed by atoms with Crippen LogP contribution in [0.5, 0.6) is 0 Å². The summed E-state index contributed by atoms with van der Waals surface area (Å²) >= 11 is 6.03. The van der Waals surface area contributed by atoms with Crippen LogP contribution in [-0.4, -0.2) is 58.4 Å². The highest BCUT2D eigenvalue weighted by Gasteiger charge is 2.58. The SMILES string of the molecule is Cc1cc([C@@H](C)Nc2ccc(Cl)nc2C(=O)NS(C)(=O)=O)c2nc(N3C[C@@H]4C(c5[nH]ncc5C)[C@@H]4C3)n(C)c(=O)c2c1. The third-order valence-electron chi connectivity index (χ3n) is 8.20. The highest BCUT2D eigenvalue weighted by atomic mass is 35.5. The first-order valence-electron chi connectivity index (χ1n) is 13.5. The Morgan fingerprint density at radius 2 is 1.88 bits per heavy atom. The Morgan fingerprint density at radius 3 is 2.52 bits per heavy atom. The first-order chi connectivity index (χ1) is 19.8. The molecule has 4 heterocycles. The Balaban J connectivity index is 1.34. The van der Waals surface area contributed by atoms with Crippen LogP contribution in [0.2, 0.25) is 5.15 Å². The monoisotopic (exact) mass is 610 g/mol. The fraction of sp³-hybridized carbons (Fsp3) is 0.393. The second-order valence-electron chi connectivity index (χ2n) is 11.4. The van der Waals surface area contributed by atoms with Gasteiger partial charge in [-0.3, -0.25) is 19.3 Å². The maximum Gasteiger partial charge on any atom is 0.285 e. The van der Waals surface area contributed by atoms with Crippen molar-refractivity contribution in [2.45, 2.75) is 32.7 Å². The van der Waals surface area contributed by atoms with Crippen LogP contribution < -0.4 is 20.5 Å². The standard InChI is InChI=1S/C28H31ClN8O4S/c1-13-8-16(15(3)31-20-6-7-21(29)32-25(20)26(38)35-42(5,40)41)24-17(9-13)27(39)36(4)28(33-24)37-11-18-19(12-37)22(18)23-14(2)10-30-34-23/h6-10,15,18-19,22,31H,11-12H2,1-5H3,(H,30,34)(H,35,38)/t15-,18-,19+,22?/m1/s1. The van der Waals surface area contributed by atoms with Gasteiger partial charge in [0.1, 0.15) is 5.15 Å². The van der Waals surface area contributed by atoms with Crippen molar-refractivity contribution in [1.82, 2.24) is 29.5 Å². The minimum Gasteiger partial charge on any atom is -0.377 e. The summed E-state index contributed by atoms with van der Waals surface area (Å²) in [6, 6.07) is 6.41. The van der Waals surface area contributed by atoms with Crippen molar-refractivity contribution in [2.75, 3.05) is 29.6 Å². The highest BCUT2D eigenvalue weighted by molar-refractivity contribution is 7.89. The van der Waals surface area contributed by atoms with E-state index >= 15 is 0 Å². The quantitative estimate of drug-likeness (QED) is 0.268. The van der Waals surface area contributed by atoms with E-state index < -0.39 is 22.0 Å². The fourth-order valence-corrected chi connectivity index (χ4v) is 6.80. The molecule has 1 aromatic carbocycles. The Kier molecular flexibility index (Phi) is 6.76. The third kappa shape index (κ3) is 5.00. The van der Waals surface area contributed by atoms with Crippen LogP contribution in [0.25, 0.3) is 10.9 Å². The van der Waals surface area contributed by atoms with Crippen LogP contribution in [-0.2, 0) is 17.1 Å². The number of aryl methyl sites for hydroxylation is 2. The molecule has 1 saturated heterocycles. The molecule has 0 bridgehead atoms. The number of amides is 1. The van der Waals surface area contributed by atoms with E-state index in [9.17, 15) is 18.0 Å². The van der Waals surface area contributed by atoms with Crippen LogP contribution in [0.15, 0.2) is 35.3 Å². The molecule has 1 aliphatic heterocycles. The molecule has 4 aromatic rings. The van der Waals surface area contributed by atoms with Crippen molar-refractivity contribution < 1.29 is 13.2 Å². The number of halogens is 1. The molecule has 1 amide bonds. The van der Waals surface area contributed by atoms with Crippen LogP contribution in [0.1, 0.15) is 51.8 Å². The van der Waals surface area contributed by atoms with Gasteiger partial charge in [-0.2, -0.15) is 5.10 Å². The number of carbonyl (C=O) groups is 1. The lowest BCUT2D eigenvalue weighted by Gasteiger charge is -2.25. The van der Waals surface area contributed by atoms with Crippen LogP contribution in [0, 0.1) is 25.7 Å². The summed E-state index contributed by atoms with van der Waals surface area (Å²) in [7, 11) is -2.07. The van der Waals surface area contributed by atoms with Gasteiger partial charge in [0.2, 0.25) is 16.0 Å². The van der Waals surface area contributed by atoms with Crippen LogP contribution >= 0.6 is 11.6 Å². The molecule has 2 fully saturated rings. The van der Waals surface area contributed by atoms with Gasteiger partial charge < -0.3 is 10.2 Å². The first-order valence-corrected chi connectivity index (χ1v) is 15.8. The highest BCUT2D eigenvalue weighted by Crippen LogP contribution is 2.58. The molecule has 3 N–H and O–H groups in total. The summed E-state index contributed by atoms with van der Waals surface area (Å²) in [5.41, 5.74) is 4.53. The number of benzene rings is 1. The van der Waals surface area contributed by atoms with Crippen molar-refractivity contribution in [2.24, 2.45) is 18.9 Å². The predicted molar refractivity (Wildman–Crippen MR) is 161 cm³/mol. The molecule has 2 aliphatic rings. The maximum atomic E-state index is 13.6. The van der Waals surface area contributed by atoms with E-state index in [0.717, 1.165) is 30.5 Å². The smallest absolute Gasteiger partial charge is 0.285 e. The lowest BCUT2D eigenvalue weighted by atomic mass is 10.0. The summed E-state index contributed by atoms with van der Waals surface area (Å²) in [5, 5.41) is 11.1. The number of nitrogens with zero attached hydrogens (tertiary/aromatic N) is 5. The molecule has 1 saturated carbocycles. The zero-order chi connectivity index (χ0) is 30.1. The number of anilines is 2. The molecule has 14 heteroatoms. The lowest BCUT2D eigenvalue weighted by Crippen LogP contribution is -2.32. The van der Waals surface area contributed by atoms with Gasteiger partial charge in [0.15, 0.2) is 5.69 Å². The average Bonchev–Trinajstić information content (AvgIpc) is 3.21. The van der Waals surface area contributed by atoms with E-state index in [1.54, 1.807) is 17.7 Å². The van der Waals surface area contributed by atoms with Crippen LogP contribution in [0.4, 0.5) is 11.6 Å². The summed E-state index contributed by atoms with van der Waals surface area (Å²) < 4.78 is 26.9. The van der Waals surface area contributed by atoms with Gasteiger partial charge >= 0.3 is 0 Å². The van der Waals surface area contributed by atoms with Crippen molar-refractivity contribution in [3.63, 3.8) is 0 Å². The Bertz CT molecular complexity index is 1910. The van der Waals surface area contributed by atoms with Gasteiger partial charge in [-0.1, -0.05) is 17.7 Å². The molecule has 42 heavy (non-hydrogen) atoms. The number of piperidine rings is 1. The van der Waals surface area contributed by atoms with Crippen molar-refractivity contribution >= 4 is 50.1 Å². The van der Waals surface area contributed by atoms with Crippen molar-refractivity contribution in [3.8, 4) is 0 Å². The second kappa shape index (κ2) is 10.1. The normalized spacial score (nSPS) is 20.4. The molecule has 1 aliphatic carbocycles. The van der Waals surface area contributed by atoms with E-state index in [-0.39, 0.29) is 22.1 Å². The largest absolute Gasteiger partial charge is 0.377 e. The van der Waals surface area contributed by atoms with E-state index in [1.165, 1.54) is 17.3 Å². The third-order valence-corrected chi connectivity index (χ3v) is 8.97. The van der Waals surface area contributed by atoms with E-state index in [4.69, 9.17) is 16.6 Å². The van der Waals surface area contributed by atoms with E-state index in [1.807, 2.05) is 36.9 Å². The molecule has 3 aromatic heterocycles. The Labute approximate surface area is 247 Å². The number of H-pyrrole nitrogens is 1. The molecular formula is C28H31ClN8O4S. The number of pyridine rings is 1. The molecule has 1 unspecified atom stereocenters. The van der Waals surface area contributed by atoms with Gasteiger partial charge in [-0.05, 0) is 61.9 Å². The number of hydrogen-bond donors (Lipinski definition) is 3. The molecule has 4 atom stereocenters. The Morgan fingerprint density at radius 1 is 1.17 bits per heavy atom. The number of fused-ring (bicyclic) bond motifs is 2. The zero-order valence-electron chi connectivity index (χ0n) is 23.8. The van der Waals surface area contributed by atoms with E-state index in [0.29, 0.717) is 34.6 Å². The fourth-order valence-electron chi connectivity index (χ4n) is 6.22. The molecule has 0 spiro atoms. The van der Waals surface area contributed by atoms with Crippen LogP contribution in [0.3, 0.4) is 0 Å². The average molecular weight is 611 g/mol. The maximum absolute atomic E-state index is 13.6. The van der Waals surface area contributed by atoms with Gasteiger partial charge in [0, 0.05) is 37.3 Å². The van der Waals surface area contributed by atoms with E-state index in [2.05, 4.69) is 32.3 Å². The first kappa shape index (κ1) is 28.2. The van der Waals surface area contributed by atoms with Crippen molar-refractivity contribution in [1.29, 1.82) is 0 Å². The number of nitrogens with one attached hydrogen (secondary N) is 3. The lowest BCUT2D eigenvalue weighted by molar-refractivity contribution is 0.0977. The Hall–Kier alpha value is -3.97. The molecule has 220 valence electrons. The second-order valence-corrected chi connectivity index (χ2v) is 13.5. The minimum absolute atomic E-state index is 0.0382. The molecule has 6 rings (SSSR count). The number of hydrogen-bond acceptors (Lipinski definition) is 9. The van der Waals surface area contributed by atoms with Gasteiger partial charge in [-0.15, -0.1) is 0 Å². The molecular weight excluding hydrogens is 580 g/mol. The number of rotatable bonds is 7. The van der Waals surface area contributed by atoms with Gasteiger partial charge in [-0.25, -0.2) is 23.1 Å². The number of aromatic amines is 1. The van der Waals surface area contributed by atoms with Gasteiger partial charge in [0.05, 0.1) is 35.1 Å². The topological polar surface area (TPSA) is 155 Å². The summed E-state index contributed by atoms with van der Waals surface area (Å²) in [6.07, 6.45) is 2.74. The zero-order valence-corrected chi connectivity index (χ0v) is 25.3. The molecule has 0 radical (unpaired) electrons. The number of aromatic nitrogens is 5. The summed E-state index contributed by atoms with van der Waals surface area (Å²) in [6.45, 7) is 7.44. The molecule has 12 nitrogen and oxygen atoms in total. The predicted octanol–water partition coefficient (Wildman–Crippen LogP) is 3.03. The summed E-state index contributed by atoms with van der Waals surface area (Å²) in [4.78, 5) is 37.6. The van der Waals surface area contributed by atoms with Gasteiger partial charge in [0.25, 0.3) is 11.5 Å². The summed E-state index contributed by atoms with van der Waals surface area (Å²) in [5.74, 6) is 1.10. The number of carbonyl (C=O) groups excluding carboxylic acids is 1. The minimum atomic E-state index is -3.82. The van der Waals surface area contributed by atoms with Crippen molar-refractivity contribution in [3.05, 3.63) is 74.0 Å².